The highest BCUT2D eigenvalue weighted by Gasteiger charge is 2.32. The maximum absolute atomic E-state index is 12.6. The maximum Gasteiger partial charge on any atom is 0.433 e. The normalized spacial score (nSPS) is 16.0. The molecule has 9 heteroatoms. The number of amides is 1. The molecule has 1 aliphatic heterocycles. The highest BCUT2D eigenvalue weighted by Crippen LogP contribution is 2.29. The number of alkyl halides is 3. The lowest BCUT2D eigenvalue weighted by molar-refractivity contribution is -0.141. The zero-order valence-corrected chi connectivity index (χ0v) is 14.0. The van der Waals surface area contributed by atoms with Crippen LogP contribution in [0.4, 0.5) is 13.2 Å². The van der Waals surface area contributed by atoms with Gasteiger partial charge in [-0.05, 0) is 24.8 Å². The number of carbonyl (C=O) groups excluding carboxylic acids is 1. The second kappa shape index (κ2) is 7.38. The Balaban J connectivity index is 1.49. The van der Waals surface area contributed by atoms with E-state index >= 15 is 0 Å². The zero-order valence-electron chi connectivity index (χ0n) is 13.2. The summed E-state index contributed by atoms with van der Waals surface area (Å²) in [7, 11) is 0. The molecule has 3 heterocycles. The largest absolute Gasteiger partial charge is 0.477 e. The highest BCUT2D eigenvalue weighted by molar-refractivity contribution is 7.07. The van der Waals surface area contributed by atoms with E-state index in [0.717, 1.165) is 18.9 Å². The number of hydrogen-bond donors (Lipinski definition) is 0. The number of likely N-dealkylation sites (tertiary alicyclic amines) is 1. The molecule has 0 bridgehead atoms. The minimum Gasteiger partial charge on any atom is -0.477 e. The maximum atomic E-state index is 12.6. The number of aromatic nitrogens is 2. The summed E-state index contributed by atoms with van der Waals surface area (Å²) in [5.74, 6) is 0.0618. The number of thiazole rings is 1. The third-order valence-corrected chi connectivity index (χ3v) is 4.62. The van der Waals surface area contributed by atoms with Crippen LogP contribution in [0, 0.1) is 5.92 Å². The Morgan fingerprint density at radius 1 is 1.32 bits per heavy atom. The second-order valence-electron chi connectivity index (χ2n) is 5.78. The minimum absolute atomic E-state index is 0.0317. The van der Waals surface area contributed by atoms with Crippen LogP contribution in [0.3, 0.4) is 0 Å². The van der Waals surface area contributed by atoms with Gasteiger partial charge in [0.1, 0.15) is 11.4 Å². The van der Waals surface area contributed by atoms with Gasteiger partial charge in [-0.2, -0.15) is 13.2 Å². The van der Waals surface area contributed by atoms with Crippen LogP contribution in [0.5, 0.6) is 5.88 Å². The summed E-state index contributed by atoms with van der Waals surface area (Å²) in [6.07, 6.45) is -3.02. The van der Waals surface area contributed by atoms with Crippen molar-refractivity contribution in [3.8, 4) is 5.88 Å². The molecule has 1 amide bonds. The lowest BCUT2D eigenvalue weighted by Gasteiger charge is -2.31. The standard InChI is InChI=1S/C16H16F3N3O2S/c17-16(18,19)13-2-1-3-14(21-13)24-8-11-4-6-22(7-5-11)15(23)12-9-25-10-20-12/h1-3,9-11H,4-8H2. The van der Waals surface area contributed by atoms with Gasteiger partial charge in [-0.15, -0.1) is 11.3 Å². The molecule has 2 aromatic heterocycles. The van der Waals surface area contributed by atoms with Gasteiger partial charge in [0.2, 0.25) is 5.88 Å². The molecule has 0 radical (unpaired) electrons. The number of nitrogens with zero attached hydrogens (tertiary/aromatic N) is 3. The summed E-state index contributed by atoms with van der Waals surface area (Å²) in [4.78, 5) is 21.4. The Morgan fingerprint density at radius 2 is 2.08 bits per heavy atom. The van der Waals surface area contributed by atoms with Gasteiger partial charge in [-0.25, -0.2) is 9.97 Å². The van der Waals surface area contributed by atoms with Crippen LogP contribution in [-0.4, -0.2) is 40.5 Å². The minimum atomic E-state index is -4.49. The van der Waals surface area contributed by atoms with E-state index in [9.17, 15) is 18.0 Å². The van der Waals surface area contributed by atoms with Gasteiger partial charge < -0.3 is 9.64 Å². The molecule has 0 aliphatic carbocycles. The topological polar surface area (TPSA) is 55.3 Å². The summed E-state index contributed by atoms with van der Waals surface area (Å²) >= 11 is 1.38. The molecule has 1 fully saturated rings. The fourth-order valence-electron chi connectivity index (χ4n) is 2.64. The van der Waals surface area contributed by atoms with E-state index in [1.807, 2.05) is 0 Å². The lowest BCUT2D eigenvalue weighted by Crippen LogP contribution is -2.39. The first-order chi connectivity index (χ1) is 11.9. The first-order valence-electron chi connectivity index (χ1n) is 7.78. The Morgan fingerprint density at radius 3 is 2.72 bits per heavy atom. The van der Waals surface area contributed by atoms with Crippen molar-refractivity contribution in [1.29, 1.82) is 0 Å². The van der Waals surface area contributed by atoms with Gasteiger partial charge in [0, 0.05) is 24.5 Å². The van der Waals surface area contributed by atoms with Gasteiger partial charge in [0.15, 0.2) is 0 Å². The Labute approximate surface area is 146 Å². The van der Waals surface area contributed by atoms with E-state index in [2.05, 4.69) is 9.97 Å². The third-order valence-electron chi connectivity index (χ3n) is 4.03. The Bertz CT molecular complexity index is 714. The van der Waals surface area contributed by atoms with Crippen LogP contribution < -0.4 is 4.74 Å². The van der Waals surface area contributed by atoms with Crippen LogP contribution in [0.15, 0.2) is 29.1 Å². The van der Waals surface area contributed by atoms with Gasteiger partial charge in [0.05, 0.1) is 12.1 Å². The van der Waals surface area contributed by atoms with E-state index in [0.29, 0.717) is 18.8 Å². The summed E-state index contributed by atoms with van der Waals surface area (Å²) in [6.45, 7) is 1.45. The quantitative estimate of drug-likeness (QED) is 0.826. The van der Waals surface area contributed by atoms with Crippen molar-refractivity contribution in [1.82, 2.24) is 14.9 Å². The van der Waals surface area contributed by atoms with E-state index in [4.69, 9.17) is 4.74 Å². The number of hydrogen-bond acceptors (Lipinski definition) is 5. The fraction of sp³-hybridized carbons (Fsp3) is 0.438. The number of carbonyl (C=O) groups is 1. The summed E-state index contributed by atoms with van der Waals surface area (Å²) in [5, 5.41) is 1.72. The Hall–Kier alpha value is -2.16. The smallest absolute Gasteiger partial charge is 0.433 e. The van der Waals surface area contributed by atoms with Crippen molar-refractivity contribution in [2.24, 2.45) is 5.92 Å². The van der Waals surface area contributed by atoms with E-state index < -0.39 is 11.9 Å². The van der Waals surface area contributed by atoms with Crippen LogP contribution in [-0.2, 0) is 6.18 Å². The highest BCUT2D eigenvalue weighted by atomic mass is 32.1. The van der Waals surface area contributed by atoms with Gasteiger partial charge in [-0.3, -0.25) is 4.79 Å². The molecule has 0 aromatic carbocycles. The summed E-state index contributed by atoms with van der Waals surface area (Å²) in [6, 6.07) is 3.60. The lowest BCUT2D eigenvalue weighted by atomic mass is 9.97. The third kappa shape index (κ3) is 4.47. The van der Waals surface area contributed by atoms with Crippen molar-refractivity contribution in [3.05, 3.63) is 40.5 Å². The van der Waals surface area contributed by atoms with Crippen molar-refractivity contribution in [2.75, 3.05) is 19.7 Å². The first-order valence-corrected chi connectivity index (χ1v) is 8.72. The molecule has 3 rings (SSSR count). The molecule has 0 atom stereocenters. The number of piperidine rings is 1. The average molecular weight is 371 g/mol. The predicted octanol–water partition coefficient (Wildman–Crippen LogP) is 3.49. The van der Waals surface area contributed by atoms with Gasteiger partial charge in [-0.1, -0.05) is 6.07 Å². The van der Waals surface area contributed by atoms with E-state index in [1.165, 1.54) is 23.5 Å². The van der Waals surface area contributed by atoms with E-state index in [1.54, 1.807) is 15.8 Å². The first kappa shape index (κ1) is 17.7. The SMILES string of the molecule is O=C(c1cscn1)N1CCC(COc2cccc(C(F)(F)F)n2)CC1. The summed E-state index contributed by atoms with van der Waals surface area (Å²) < 4.78 is 43.3. The van der Waals surface area contributed by atoms with Crippen LogP contribution in [0.1, 0.15) is 29.0 Å². The number of halogens is 3. The summed E-state index contributed by atoms with van der Waals surface area (Å²) in [5.41, 5.74) is 1.11. The second-order valence-corrected chi connectivity index (χ2v) is 6.50. The molecule has 5 nitrogen and oxygen atoms in total. The van der Waals surface area contributed by atoms with Gasteiger partial charge >= 0.3 is 6.18 Å². The molecule has 0 saturated carbocycles. The molecule has 25 heavy (non-hydrogen) atoms. The monoisotopic (exact) mass is 371 g/mol. The van der Waals surface area contributed by atoms with Crippen molar-refractivity contribution >= 4 is 17.2 Å². The zero-order chi connectivity index (χ0) is 17.9. The van der Waals surface area contributed by atoms with Crippen molar-refractivity contribution in [2.45, 2.75) is 19.0 Å². The van der Waals surface area contributed by atoms with Crippen LogP contribution >= 0.6 is 11.3 Å². The molecular formula is C16H16F3N3O2S. The number of rotatable bonds is 4. The Kier molecular flexibility index (Phi) is 5.22. The molecule has 2 aromatic rings. The fourth-order valence-corrected chi connectivity index (χ4v) is 3.17. The predicted molar refractivity (Wildman–Crippen MR) is 85.5 cm³/mol. The van der Waals surface area contributed by atoms with Crippen molar-refractivity contribution in [3.63, 3.8) is 0 Å². The average Bonchev–Trinajstić information content (AvgIpc) is 3.14. The molecule has 1 saturated heterocycles. The molecule has 0 N–H and O–H groups in total. The van der Waals surface area contributed by atoms with Gasteiger partial charge in [0.25, 0.3) is 5.91 Å². The molecule has 0 unspecified atom stereocenters. The van der Waals surface area contributed by atoms with Crippen LogP contribution in [0.2, 0.25) is 0 Å². The molecule has 134 valence electrons. The van der Waals surface area contributed by atoms with Crippen LogP contribution in [0.25, 0.3) is 0 Å². The molecule has 0 spiro atoms. The van der Waals surface area contributed by atoms with Crippen molar-refractivity contribution < 1.29 is 22.7 Å². The molecule has 1 aliphatic rings. The number of ether oxygens (including phenoxy) is 1. The number of pyridine rings is 1. The van der Waals surface area contributed by atoms with E-state index in [-0.39, 0.29) is 24.3 Å². The molecular weight excluding hydrogens is 355 g/mol.